The first-order chi connectivity index (χ1) is 22.5. The summed E-state index contributed by atoms with van der Waals surface area (Å²) < 4.78 is 5.12. The molecular weight excluding hydrogens is 600 g/mol. The van der Waals surface area contributed by atoms with Crippen LogP contribution in [0.3, 0.4) is 0 Å². The number of fused-ring (bicyclic) bond motifs is 18. The molecule has 2 aliphatic rings. The summed E-state index contributed by atoms with van der Waals surface area (Å²) in [6, 6.07) is 14.9. The van der Waals surface area contributed by atoms with Crippen molar-refractivity contribution in [3.05, 3.63) is 88.8 Å². The van der Waals surface area contributed by atoms with E-state index in [1.165, 1.54) is 0 Å². The molecule has 0 spiro atoms. The molecule has 1 aromatic heterocycles. The first-order valence-corrected chi connectivity index (χ1v) is 16.0. The lowest BCUT2D eigenvalue weighted by Gasteiger charge is -2.25. The van der Waals surface area contributed by atoms with Crippen LogP contribution in [-0.2, 0) is 27.3 Å². The highest BCUT2D eigenvalue weighted by Gasteiger charge is 2.30. The summed E-state index contributed by atoms with van der Waals surface area (Å²) >= 11 is 0. The van der Waals surface area contributed by atoms with Gasteiger partial charge in [0.15, 0.2) is 5.69 Å². The molecule has 5 amide bonds. The van der Waals surface area contributed by atoms with Crippen LogP contribution in [0.5, 0.6) is 0 Å². The Morgan fingerprint density at radius 1 is 0.915 bits per heavy atom. The van der Waals surface area contributed by atoms with Crippen LogP contribution in [0, 0.1) is 12.8 Å². The van der Waals surface area contributed by atoms with Gasteiger partial charge in [-0.15, -0.1) is 0 Å². The minimum Gasteiger partial charge on any atom is -0.361 e. The lowest BCUT2D eigenvalue weighted by molar-refractivity contribution is -0.132. The van der Waals surface area contributed by atoms with E-state index in [2.05, 4.69) is 26.4 Å². The van der Waals surface area contributed by atoms with Crippen molar-refractivity contribution in [1.82, 2.24) is 31.3 Å². The summed E-state index contributed by atoms with van der Waals surface area (Å²) in [6.45, 7) is 8.16. The topological polar surface area (TPSA) is 163 Å². The van der Waals surface area contributed by atoms with Gasteiger partial charge in [0, 0.05) is 37.7 Å². The third kappa shape index (κ3) is 10.2. The van der Waals surface area contributed by atoms with E-state index < -0.39 is 35.8 Å². The predicted molar refractivity (Wildman–Crippen MR) is 175 cm³/mol. The molecule has 2 aromatic carbocycles. The van der Waals surface area contributed by atoms with Crippen LogP contribution in [0.2, 0.25) is 0 Å². The third-order valence-corrected chi connectivity index (χ3v) is 7.87. The average molecular weight is 645 g/mol. The first kappa shape index (κ1) is 34.9. The molecule has 0 fully saturated rings. The van der Waals surface area contributed by atoms with Crippen LogP contribution in [0.25, 0.3) is 0 Å². The molecule has 47 heavy (non-hydrogen) atoms. The lowest BCUT2D eigenvalue weighted by atomic mass is 10.0. The number of hydrogen-bond donors (Lipinski definition) is 4. The van der Waals surface area contributed by atoms with Crippen molar-refractivity contribution in [1.29, 1.82) is 0 Å². The number of aromatic nitrogens is 1. The molecule has 5 rings (SSSR count). The number of rotatable bonds is 5. The third-order valence-electron chi connectivity index (χ3n) is 7.87. The molecule has 12 heteroatoms. The lowest BCUT2D eigenvalue weighted by Crippen LogP contribution is -2.57. The Morgan fingerprint density at radius 2 is 1.62 bits per heavy atom. The minimum atomic E-state index is -0.985. The molecule has 4 N–H and O–H groups in total. The van der Waals surface area contributed by atoms with Crippen molar-refractivity contribution < 1.29 is 28.5 Å². The monoisotopic (exact) mass is 644 g/mol. The molecule has 0 saturated heterocycles. The van der Waals surface area contributed by atoms with Gasteiger partial charge in [-0.05, 0) is 62.3 Å². The van der Waals surface area contributed by atoms with Gasteiger partial charge in [0.25, 0.3) is 11.8 Å². The number of nitrogens with zero attached hydrogens (tertiary/aromatic N) is 2. The average Bonchev–Trinajstić information content (AvgIpc) is 3.49. The Bertz CT molecular complexity index is 1540. The molecule has 0 aliphatic carbocycles. The molecule has 2 aliphatic heterocycles. The van der Waals surface area contributed by atoms with Crippen molar-refractivity contribution in [3.63, 3.8) is 0 Å². The quantitative estimate of drug-likeness (QED) is 0.311. The van der Waals surface area contributed by atoms with Gasteiger partial charge in [-0.1, -0.05) is 61.5 Å². The number of carbonyl (C=O) groups is 5. The van der Waals surface area contributed by atoms with E-state index in [1.54, 1.807) is 49.1 Å². The maximum absolute atomic E-state index is 13.7. The van der Waals surface area contributed by atoms with Crippen molar-refractivity contribution in [2.24, 2.45) is 5.92 Å². The van der Waals surface area contributed by atoms with Crippen LogP contribution >= 0.6 is 0 Å². The summed E-state index contributed by atoms with van der Waals surface area (Å²) in [4.78, 5) is 68.3. The molecule has 12 nitrogen and oxygen atoms in total. The Hall–Kier alpha value is -5.00. The number of amides is 5. The molecule has 0 saturated carbocycles. The fraction of sp³-hybridized carbons (Fsp3) is 0.429. The van der Waals surface area contributed by atoms with Crippen LogP contribution in [-0.4, -0.2) is 70.8 Å². The van der Waals surface area contributed by atoms with E-state index in [1.807, 2.05) is 44.2 Å². The van der Waals surface area contributed by atoms with Crippen molar-refractivity contribution in [2.45, 2.75) is 78.0 Å². The van der Waals surface area contributed by atoms with E-state index in [9.17, 15) is 24.0 Å². The number of aryl methyl sites for hydroxylation is 1. The maximum atomic E-state index is 13.7. The predicted octanol–water partition coefficient (Wildman–Crippen LogP) is 2.91. The largest absolute Gasteiger partial charge is 0.361 e. The fourth-order valence-electron chi connectivity index (χ4n) is 5.31. The van der Waals surface area contributed by atoms with Gasteiger partial charge in [-0.2, -0.15) is 0 Å². The second kappa shape index (κ2) is 16.5. The second-order valence-electron chi connectivity index (χ2n) is 12.4. The van der Waals surface area contributed by atoms with Crippen molar-refractivity contribution in [2.75, 3.05) is 13.1 Å². The highest BCUT2D eigenvalue weighted by Crippen LogP contribution is 2.15. The Labute approximate surface area is 275 Å². The molecule has 3 heterocycles. The standard InChI is InChI=1S/C35H44N6O6/c1-22(2)18-28-33(44)37-24(4)31(42)36-16-8-9-17-41(35(46)30-19-23(3)47-40-30)21-26-12-14-27(15-13-26)32(43)38-29(34(45)39-28)20-25-10-6-5-7-11-25/h5-7,10-15,19,22,24,28-29H,8-9,16-18,20-21H2,1-4H3,(H,36,42)(H,37,44)(H,38,43)(H,39,45)/t24-,28+,29-/m1/s1. The van der Waals surface area contributed by atoms with Gasteiger partial charge < -0.3 is 30.7 Å². The van der Waals surface area contributed by atoms with E-state index in [0.29, 0.717) is 43.7 Å². The zero-order valence-electron chi connectivity index (χ0n) is 27.4. The molecule has 3 atom stereocenters. The van der Waals surface area contributed by atoms with E-state index in [0.717, 1.165) is 11.1 Å². The maximum Gasteiger partial charge on any atom is 0.276 e. The summed E-state index contributed by atoms with van der Waals surface area (Å²) in [7, 11) is 0. The Morgan fingerprint density at radius 3 is 2.28 bits per heavy atom. The Balaban J connectivity index is 1.62. The van der Waals surface area contributed by atoms with Gasteiger partial charge >= 0.3 is 0 Å². The SMILES string of the molecule is Cc1cc(C(=O)N2CCCCNC(=O)[C@@H](C)NC(=O)[C@H](CC(C)C)NC(=O)[C@@H](Cc3ccccc3)NC(=O)c3ccc(cc3)C2)no1. The molecule has 3 aromatic rings. The van der Waals surface area contributed by atoms with Crippen molar-refractivity contribution in [3.8, 4) is 0 Å². The van der Waals surface area contributed by atoms with Gasteiger partial charge in [-0.25, -0.2) is 0 Å². The highest BCUT2D eigenvalue weighted by molar-refractivity contribution is 5.99. The normalized spacial score (nSPS) is 20.5. The number of nitrogens with one attached hydrogen (secondary N) is 4. The summed E-state index contributed by atoms with van der Waals surface area (Å²) in [6.07, 6.45) is 1.71. The van der Waals surface area contributed by atoms with Crippen LogP contribution in [0.1, 0.15) is 77.8 Å². The molecule has 2 bridgehead atoms. The minimum absolute atomic E-state index is 0.0603. The Kier molecular flexibility index (Phi) is 12.3. The van der Waals surface area contributed by atoms with E-state index in [4.69, 9.17) is 4.52 Å². The zero-order valence-corrected chi connectivity index (χ0v) is 27.4. The number of benzene rings is 2. The second-order valence-corrected chi connectivity index (χ2v) is 12.4. The molecule has 0 unspecified atom stereocenters. The van der Waals surface area contributed by atoms with Gasteiger partial charge in [0.05, 0.1) is 0 Å². The van der Waals surface area contributed by atoms with Crippen LogP contribution < -0.4 is 21.3 Å². The highest BCUT2D eigenvalue weighted by atomic mass is 16.5. The van der Waals surface area contributed by atoms with E-state index >= 15 is 0 Å². The molecular formula is C35H44N6O6. The number of carbonyl (C=O) groups excluding carboxylic acids is 5. The van der Waals surface area contributed by atoms with Crippen LogP contribution in [0.4, 0.5) is 0 Å². The first-order valence-electron chi connectivity index (χ1n) is 16.0. The summed E-state index contributed by atoms with van der Waals surface area (Å²) in [5.41, 5.74) is 2.16. The zero-order chi connectivity index (χ0) is 33.9. The number of hydrogen-bond acceptors (Lipinski definition) is 7. The van der Waals surface area contributed by atoms with Crippen molar-refractivity contribution >= 4 is 29.5 Å². The van der Waals surface area contributed by atoms with Gasteiger partial charge in [0.2, 0.25) is 17.7 Å². The summed E-state index contributed by atoms with van der Waals surface area (Å²) in [5.74, 6) is -1.54. The molecule has 250 valence electrons. The summed E-state index contributed by atoms with van der Waals surface area (Å²) in [5, 5.41) is 15.1. The van der Waals surface area contributed by atoms with Gasteiger partial charge in [0.1, 0.15) is 23.9 Å². The molecule has 0 radical (unpaired) electrons. The fourth-order valence-corrected chi connectivity index (χ4v) is 5.31. The van der Waals surface area contributed by atoms with Gasteiger partial charge in [-0.3, -0.25) is 24.0 Å². The van der Waals surface area contributed by atoms with Crippen LogP contribution in [0.15, 0.2) is 65.2 Å². The van der Waals surface area contributed by atoms with E-state index in [-0.39, 0.29) is 36.4 Å². The smallest absolute Gasteiger partial charge is 0.276 e.